The minimum absolute atomic E-state index is 0.0614. The molecule has 8 heteroatoms. The second-order valence-electron chi connectivity index (χ2n) is 3.74. The van der Waals surface area contributed by atoms with Gasteiger partial charge in [-0.1, -0.05) is 0 Å². The molecule has 1 N–H and O–H groups in total. The summed E-state index contributed by atoms with van der Waals surface area (Å²) in [5.41, 5.74) is 0.247. The number of rotatable bonds is 2. The Morgan fingerprint density at radius 2 is 2.22 bits per heavy atom. The molecule has 0 spiro atoms. The van der Waals surface area contributed by atoms with Crippen LogP contribution in [0.5, 0.6) is 5.88 Å². The topological polar surface area (TPSA) is 54.5 Å². The molecule has 0 aliphatic carbocycles. The molecule has 2 heterocycles. The van der Waals surface area contributed by atoms with Gasteiger partial charge in [-0.25, -0.2) is 0 Å². The molecule has 98 valence electrons. The summed E-state index contributed by atoms with van der Waals surface area (Å²) in [7, 11) is 1.37. The summed E-state index contributed by atoms with van der Waals surface area (Å²) in [5, 5.41) is 2.46. The quantitative estimate of drug-likeness (QED) is 0.874. The fraction of sp³-hybridized carbons (Fsp3) is 0.400. The van der Waals surface area contributed by atoms with Crippen LogP contribution in [-0.4, -0.2) is 37.3 Å². The maximum Gasteiger partial charge on any atom is 0.405 e. The average Bonchev–Trinajstić information content (AvgIpc) is 2.26. The van der Waals surface area contributed by atoms with Gasteiger partial charge in [0.05, 0.1) is 19.3 Å². The Morgan fingerprint density at radius 3 is 2.83 bits per heavy atom. The standard InChI is InChI=1S/C10H10F3N3O2/c1-18-8-3-2-6-9(15-8)16(4-7(17)14-6)5-10(11,12)13/h2-3H,4-5H2,1H3,(H,14,17). The minimum atomic E-state index is -4.40. The zero-order valence-electron chi connectivity index (χ0n) is 9.41. The largest absolute Gasteiger partial charge is 0.481 e. The number of nitrogens with one attached hydrogen (secondary N) is 1. The lowest BCUT2D eigenvalue weighted by molar-refractivity contribution is -0.122. The van der Waals surface area contributed by atoms with Crippen molar-refractivity contribution in [3.63, 3.8) is 0 Å². The number of aromatic nitrogens is 1. The molecule has 0 unspecified atom stereocenters. The molecule has 18 heavy (non-hydrogen) atoms. The zero-order chi connectivity index (χ0) is 13.3. The SMILES string of the molecule is COc1ccc2c(n1)N(CC(F)(F)F)CC(=O)N2. The Kier molecular flexibility index (Phi) is 3.02. The molecule has 5 nitrogen and oxygen atoms in total. The van der Waals surface area contributed by atoms with Crippen molar-refractivity contribution in [3.8, 4) is 5.88 Å². The number of pyridine rings is 1. The highest BCUT2D eigenvalue weighted by atomic mass is 19.4. The number of carbonyl (C=O) groups is 1. The molecule has 2 rings (SSSR count). The number of alkyl halides is 3. The number of methoxy groups -OCH3 is 1. The predicted octanol–water partition coefficient (Wildman–Crippen LogP) is 1.41. The molecular weight excluding hydrogens is 251 g/mol. The summed E-state index contributed by atoms with van der Waals surface area (Å²) in [6.45, 7) is -1.61. The van der Waals surface area contributed by atoms with E-state index in [0.717, 1.165) is 4.90 Å². The molecule has 0 radical (unpaired) electrons. The van der Waals surface area contributed by atoms with Crippen LogP contribution in [0, 0.1) is 0 Å². The molecule has 0 fully saturated rings. The van der Waals surface area contributed by atoms with E-state index in [1.807, 2.05) is 0 Å². The summed E-state index contributed by atoms with van der Waals surface area (Å²) < 4.78 is 42.1. The van der Waals surface area contributed by atoms with Crippen molar-refractivity contribution in [2.24, 2.45) is 0 Å². The van der Waals surface area contributed by atoms with Crippen molar-refractivity contribution < 1.29 is 22.7 Å². The average molecular weight is 261 g/mol. The first kappa shape index (κ1) is 12.5. The number of anilines is 2. The van der Waals surface area contributed by atoms with Gasteiger partial charge < -0.3 is 15.0 Å². The van der Waals surface area contributed by atoms with Crippen LogP contribution in [-0.2, 0) is 4.79 Å². The summed E-state index contributed by atoms with van der Waals surface area (Å²) in [6, 6.07) is 2.93. The molecule has 0 aromatic carbocycles. The highest BCUT2D eigenvalue weighted by Gasteiger charge is 2.35. The first-order chi connectivity index (χ1) is 8.39. The lowest BCUT2D eigenvalue weighted by Crippen LogP contribution is -2.43. The van der Waals surface area contributed by atoms with Gasteiger partial charge in [0.2, 0.25) is 11.8 Å². The predicted molar refractivity (Wildman–Crippen MR) is 57.7 cm³/mol. The zero-order valence-corrected chi connectivity index (χ0v) is 9.41. The highest BCUT2D eigenvalue weighted by molar-refractivity contribution is 6.00. The fourth-order valence-electron chi connectivity index (χ4n) is 1.67. The lowest BCUT2D eigenvalue weighted by Gasteiger charge is -2.30. The molecule has 1 aliphatic rings. The van der Waals surface area contributed by atoms with E-state index >= 15 is 0 Å². The normalized spacial score (nSPS) is 15.1. The number of halogens is 3. The maximum absolute atomic E-state index is 12.4. The van der Waals surface area contributed by atoms with Crippen molar-refractivity contribution in [1.82, 2.24) is 4.98 Å². The lowest BCUT2D eigenvalue weighted by atomic mass is 10.2. The molecule has 1 aromatic rings. The van der Waals surface area contributed by atoms with E-state index < -0.39 is 18.6 Å². The van der Waals surface area contributed by atoms with Gasteiger partial charge in [-0.15, -0.1) is 0 Å². The molecule has 0 saturated heterocycles. The van der Waals surface area contributed by atoms with Crippen molar-refractivity contribution in [2.45, 2.75) is 6.18 Å². The van der Waals surface area contributed by atoms with Gasteiger partial charge in [0, 0.05) is 6.07 Å². The summed E-state index contributed by atoms with van der Waals surface area (Å²) in [5.74, 6) is -0.248. The number of carbonyl (C=O) groups excluding carboxylic acids is 1. The molecular formula is C10H10F3N3O2. The molecule has 0 bridgehead atoms. The number of hydrogen-bond donors (Lipinski definition) is 1. The number of amides is 1. The smallest absolute Gasteiger partial charge is 0.405 e. The van der Waals surface area contributed by atoms with E-state index in [1.165, 1.54) is 19.2 Å². The van der Waals surface area contributed by atoms with Gasteiger partial charge in [0.25, 0.3) is 0 Å². The molecule has 1 amide bonds. The van der Waals surface area contributed by atoms with Crippen LogP contribution in [0.4, 0.5) is 24.7 Å². The second kappa shape index (κ2) is 4.35. The van der Waals surface area contributed by atoms with Gasteiger partial charge >= 0.3 is 6.18 Å². The van der Waals surface area contributed by atoms with Gasteiger partial charge in [-0.05, 0) is 6.07 Å². The van der Waals surface area contributed by atoms with Gasteiger partial charge in [-0.3, -0.25) is 4.79 Å². The third-order valence-electron chi connectivity index (χ3n) is 2.34. The van der Waals surface area contributed by atoms with Gasteiger partial charge in [0.15, 0.2) is 5.82 Å². The van der Waals surface area contributed by atoms with Crippen LogP contribution in [0.15, 0.2) is 12.1 Å². The summed E-state index contributed by atoms with van der Waals surface area (Å²) in [6.07, 6.45) is -4.40. The first-order valence-corrected chi connectivity index (χ1v) is 5.05. The Bertz CT molecular complexity index is 476. The molecule has 0 atom stereocenters. The van der Waals surface area contributed by atoms with Crippen LogP contribution in [0.2, 0.25) is 0 Å². The third-order valence-corrected chi connectivity index (χ3v) is 2.34. The van der Waals surface area contributed by atoms with Crippen LogP contribution in [0.3, 0.4) is 0 Å². The van der Waals surface area contributed by atoms with E-state index in [1.54, 1.807) is 0 Å². The Balaban J connectivity index is 2.36. The Morgan fingerprint density at radius 1 is 1.50 bits per heavy atom. The molecule has 1 aliphatic heterocycles. The second-order valence-corrected chi connectivity index (χ2v) is 3.74. The molecule has 0 saturated carbocycles. The number of hydrogen-bond acceptors (Lipinski definition) is 4. The molecule has 1 aromatic heterocycles. The number of ether oxygens (including phenoxy) is 1. The Hall–Kier alpha value is -1.99. The van der Waals surface area contributed by atoms with Crippen molar-refractivity contribution in [2.75, 3.05) is 30.4 Å². The van der Waals surface area contributed by atoms with Crippen molar-refractivity contribution in [1.29, 1.82) is 0 Å². The third kappa shape index (κ3) is 2.63. The van der Waals surface area contributed by atoms with E-state index in [-0.39, 0.29) is 23.9 Å². The van der Waals surface area contributed by atoms with Crippen molar-refractivity contribution in [3.05, 3.63) is 12.1 Å². The highest BCUT2D eigenvalue weighted by Crippen LogP contribution is 2.31. The Labute approximate surface area is 101 Å². The van der Waals surface area contributed by atoms with E-state index in [4.69, 9.17) is 4.74 Å². The van der Waals surface area contributed by atoms with E-state index in [2.05, 4.69) is 10.3 Å². The number of nitrogens with zero attached hydrogens (tertiary/aromatic N) is 2. The van der Waals surface area contributed by atoms with Crippen molar-refractivity contribution >= 4 is 17.4 Å². The van der Waals surface area contributed by atoms with E-state index in [0.29, 0.717) is 0 Å². The van der Waals surface area contributed by atoms with Gasteiger partial charge in [0.1, 0.15) is 6.54 Å². The fourth-order valence-corrected chi connectivity index (χ4v) is 1.67. The maximum atomic E-state index is 12.4. The first-order valence-electron chi connectivity index (χ1n) is 5.05. The summed E-state index contributed by atoms with van der Waals surface area (Å²) >= 11 is 0. The van der Waals surface area contributed by atoms with Crippen LogP contribution >= 0.6 is 0 Å². The minimum Gasteiger partial charge on any atom is -0.481 e. The number of fused-ring (bicyclic) bond motifs is 1. The monoisotopic (exact) mass is 261 g/mol. The van der Waals surface area contributed by atoms with Crippen LogP contribution < -0.4 is 15.0 Å². The summed E-state index contributed by atoms with van der Waals surface area (Å²) in [4.78, 5) is 16.1. The van der Waals surface area contributed by atoms with Gasteiger partial charge in [-0.2, -0.15) is 18.2 Å². The van der Waals surface area contributed by atoms with E-state index in [9.17, 15) is 18.0 Å². The van der Waals surface area contributed by atoms with Crippen LogP contribution in [0.1, 0.15) is 0 Å². The van der Waals surface area contributed by atoms with Crippen LogP contribution in [0.25, 0.3) is 0 Å².